The van der Waals surface area contributed by atoms with Crippen LogP contribution in [0.3, 0.4) is 0 Å². The molecule has 3 saturated carbocycles. The van der Waals surface area contributed by atoms with Crippen molar-refractivity contribution < 1.29 is 19.5 Å². The van der Waals surface area contributed by atoms with Gasteiger partial charge in [-0.3, -0.25) is 14.4 Å². The van der Waals surface area contributed by atoms with Crippen molar-refractivity contribution in [1.29, 1.82) is 0 Å². The first kappa shape index (κ1) is 20.2. The Morgan fingerprint density at radius 3 is 2.00 bits per heavy atom. The van der Waals surface area contributed by atoms with Gasteiger partial charge in [0, 0.05) is 24.4 Å². The normalized spacial score (nSPS) is 32.0. The van der Waals surface area contributed by atoms with E-state index in [1.54, 1.807) is 0 Å². The second kappa shape index (κ2) is 9.56. The van der Waals surface area contributed by atoms with E-state index in [1.807, 2.05) is 0 Å². The monoisotopic (exact) mass is 378 g/mol. The van der Waals surface area contributed by atoms with E-state index in [2.05, 4.69) is 10.6 Å². The maximum absolute atomic E-state index is 12.5. The van der Waals surface area contributed by atoms with Crippen molar-refractivity contribution in [3.8, 4) is 0 Å². The van der Waals surface area contributed by atoms with Gasteiger partial charge >= 0.3 is 5.97 Å². The molecule has 27 heavy (non-hydrogen) atoms. The first-order valence-electron chi connectivity index (χ1n) is 10.8. The molecule has 0 aromatic carbocycles. The Hall–Kier alpha value is -1.59. The van der Waals surface area contributed by atoms with Crippen LogP contribution in [0.2, 0.25) is 0 Å². The highest BCUT2D eigenvalue weighted by Crippen LogP contribution is 2.29. The van der Waals surface area contributed by atoms with Crippen molar-refractivity contribution in [3.05, 3.63) is 0 Å². The Kier molecular flexibility index (Phi) is 7.13. The lowest BCUT2D eigenvalue weighted by atomic mass is 9.84. The topological polar surface area (TPSA) is 95.5 Å². The fraction of sp³-hybridized carbons (Fsp3) is 0.857. The molecule has 2 amide bonds. The Morgan fingerprint density at radius 1 is 0.741 bits per heavy atom. The average molecular weight is 379 g/mol. The maximum Gasteiger partial charge on any atom is 0.306 e. The Labute approximate surface area is 161 Å². The Morgan fingerprint density at radius 2 is 1.37 bits per heavy atom. The van der Waals surface area contributed by atoms with Crippen molar-refractivity contribution in [2.24, 2.45) is 17.8 Å². The van der Waals surface area contributed by atoms with E-state index in [0.717, 1.165) is 32.1 Å². The number of rotatable bonds is 6. The van der Waals surface area contributed by atoms with E-state index in [-0.39, 0.29) is 35.7 Å². The molecular formula is C21H34N2O4. The second-order valence-electron chi connectivity index (χ2n) is 8.88. The number of amides is 2. The number of carboxylic acid groups (broad SMARTS) is 1. The maximum atomic E-state index is 12.5. The van der Waals surface area contributed by atoms with Gasteiger partial charge < -0.3 is 15.7 Å². The third-order valence-electron chi connectivity index (χ3n) is 6.79. The molecule has 0 saturated heterocycles. The molecule has 0 bridgehead atoms. The molecule has 3 rings (SSSR count). The minimum absolute atomic E-state index is 0.000347. The minimum atomic E-state index is -0.753. The Bertz CT molecular complexity index is 536. The first-order valence-corrected chi connectivity index (χ1v) is 10.8. The summed E-state index contributed by atoms with van der Waals surface area (Å²) in [6.07, 6.45) is 12.1. The smallest absolute Gasteiger partial charge is 0.306 e. The van der Waals surface area contributed by atoms with Crippen molar-refractivity contribution in [2.45, 2.75) is 95.6 Å². The molecule has 0 aliphatic heterocycles. The zero-order chi connectivity index (χ0) is 19.2. The zero-order valence-corrected chi connectivity index (χ0v) is 16.3. The summed E-state index contributed by atoms with van der Waals surface area (Å²) in [5, 5.41) is 15.3. The molecule has 2 atom stereocenters. The van der Waals surface area contributed by atoms with Crippen LogP contribution in [-0.4, -0.2) is 35.0 Å². The van der Waals surface area contributed by atoms with Gasteiger partial charge in [-0.05, 0) is 63.7 Å². The summed E-state index contributed by atoms with van der Waals surface area (Å²) in [6, 6.07) is 0.208. The number of nitrogens with one attached hydrogen (secondary N) is 2. The fourth-order valence-corrected chi connectivity index (χ4v) is 5.10. The molecule has 0 spiro atoms. The number of carbonyl (C=O) groups is 3. The number of carbonyl (C=O) groups excluding carboxylic acids is 2. The summed E-state index contributed by atoms with van der Waals surface area (Å²) in [5.74, 6) is -0.262. The van der Waals surface area contributed by atoms with E-state index in [4.69, 9.17) is 5.11 Å². The third-order valence-corrected chi connectivity index (χ3v) is 6.79. The van der Waals surface area contributed by atoms with Crippen molar-refractivity contribution in [2.75, 3.05) is 0 Å². The van der Waals surface area contributed by atoms with Gasteiger partial charge in [-0.15, -0.1) is 0 Å². The van der Waals surface area contributed by atoms with Gasteiger partial charge in [0.25, 0.3) is 0 Å². The van der Waals surface area contributed by atoms with Crippen LogP contribution in [0.15, 0.2) is 0 Å². The summed E-state index contributed by atoms with van der Waals surface area (Å²) in [5.41, 5.74) is 0. The SMILES string of the molecule is O=C(CC1CCCCC1)NC1CCC(C(=O)N[C@@H]2CC[C@H](C(=O)O)C2)CC1. The summed E-state index contributed by atoms with van der Waals surface area (Å²) < 4.78 is 0. The van der Waals surface area contributed by atoms with Crippen LogP contribution >= 0.6 is 0 Å². The molecule has 0 unspecified atom stereocenters. The highest BCUT2D eigenvalue weighted by Gasteiger charge is 2.33. The highest BCUT2D eigenvalue weighted by atomic mass is 16.4. The van der Waals surface area contributed by atoms with Gasteiger partial charge in [0.2, 0.25) is 11.8 Å². The second-order valence-corrected chi connectivity index (χ2v) is 8.88. The van der Waals surface area contributed by atoms with E-state index < -0.39 is 5.97 Å². The van der Waals surface area contributed by atoms with Crippen LogP contribution in [-0.2, 0) is 14.4 Å². The molecule has 3 aliphatic rings. The average Bonchev–Trinajstić information content (AvgIpc) is 3.12. The minimum Gasteiger partial charge on any atom is -0.481 e. The number of aliphatic carboxylic acids is 1. The van der Waals surface area contributed by atoms with Crippen LogP contribution < -0.4 is 10.6 Å². The molecule has 0 radical (unpaired) electrons. The van der Waals surface area contributed by atoms with Crippen LogP contribution in [0.5, 0.6) is 0 Å². The van der Waals surface area contributed by atoms with Crippen molar-refractivity contribution >= 4 is 17.8 Å². The van der Waals surface area contributed by atoms with Crippen molar-refractivity contribution in [3.63, 3.8) is 0 Å². The summed E-state index contributed by atoms with van der Waals surface area (Å²) in [4.78, 5) is 35.8. The number of carboxylic acids is 1. The predicted molar refractivity (Wildman–Crippen MR) is 102 cm³/mol. The largest absolute Gasteiger partial charge is 0.481 e. The van der Waals surface area contributed by atoms with E-state index in [0.29, 0.717) is 25.2 Å². The zero-order valence-electron chi connectivity index (χ0n) is 16.3. The Balaban J connectivity index is 1.34. The standard InChI is InChI=1S/C21H34N2O4/c24-19(12-14-4-2-1-3-5-14)22-17-9-6-15(7-10-17)20(25)23-18-11-8-16(13-18)21(26)27/h14-18H,1-13H2,(H,22,24)(H,23,25)(H,26,27)/t15?,16-,17?,18+/m0/s1. The fourth-order valence-electron chi connectivity index (χ4n) is 5.10. The molecule has 152 valence electrons. The van der Waals surface area contributed by atoms with Gasteiger partial charge in [0.15, 0.2) is 0 Å². The van der Waals surface area contributed by atoms with Gasteiger partial charge in [-0.2, -0.15) is 0 Å². The molecule has 3 aliphatic carbocycles. The molecule has 6 nitrogen and oxygen atoms in total. The molecule has 3 fully saturated rings. The quantitative estimate of drug-likeness (QED) is 0.662. The predicted octanol–water partition coefficient (Wildman–Crippen LogP) is 3.00. The van der Waals surface area contributed by atoms with Gasteiger partial charge in [-0.25, -0.2) is 0 Å². The lowest BCUT2D eigenvalue weighted by molar-refractivity contribution is -0.141. The van der Waals surface area contributed by atoms with Gasteiger partial charge in [0.1, 0.15) is 0 Å². The molecule has 6 heteroatoms. The van der Waals surface area contributed by atoms with E-state index >= 15 is 0 Å². The van der Waals surface area contributed by atoms with Gasteiger partial charge in [-0.1, -0.05) is 19.3 Å². The third kappa shape index (κ3) is 5.94. The van der Waals surface area contributed by atoms with E-state index in [1.165, 1.54) is 32.1 Å². The summed E-state index contributed by atoms with van der Waals surface area (Å²) >= 11 is 0. The molecule has 0 aromatic heterocycles. The molecule has 3 N–H and O–H groups in total. The van der Waals surface area contributed by atoms with Gasteiger partial charge in [0.05, 0.1) is 5.92 Å². The number of hydrogen-bond donors (Lipinski definition) is 3. The van der Waals surface area contributed by atoms with E-state index in [9.17, 15) is 14.4 Å². The lowest BCUT2D eigenvalue weighted by Gasteiger charge is -2.30. The first-order chi connectivity index (χ1) is 13.0. The van der Waals surface area contributed by atoms with Crippen LogP contribution in [0.25, 0.3) is 0 Å². The molecular weight excluding hydrogens is 344 g/mol. The molecule has 0 heterocycles. The lowest BCUT2D eigenvalue weighted by Crippen LogP contribution is -2.43. The summed E-state index contributed by atoms with van der Waals surface area (Å²) in [7, 11) is 0. The van der Waals surface area contributed by atoms with Crippen molar-refractivity contribution in [1.82, 2.24) is 10.6 Å². The highest BCUT2D eigenvalue weighted by molar-refractivity contribution is 5.79. The van der Waals surface area contributed by atoms with Crippen LogP contribution in [0.4, 0.5) is 0 Å². The van der Waals surface area contributed by atoms with Crippen LogP contribution in [0.1, 0.15) is 83.5 Å². The molecule has 0 aromatic rings. The van der Waals surface area contributed by atoms with Crippen LogP contribution in [0, 0.1) is 17.8 Å². The summed E-state index contributed by atoms with van der Waals surface area (Å²) in [6.45, 7) is 0. The number of hydrogen-bond acceptors (Lipinski definition) is 3.